The molecule has 0 fully saturated rings. The quantitative estimate of drug-likeness (QED) is 0.543. The van der Waals surface area contributed by atoms with E-state index in [1.165, 1.54) is 23.0 Å². The minimum atomic E-state index is -0.479. The van der Waals surface area contributed by atoms with Crippen molar-refractivity contribution in [2.24, 2.45) is 7.05 Å². The van der Waals surface area contributed by atoms with Gasteiger partial charge in [-0.1, -0.05) is 23.7 Å². The van der Waals surface area contributed by atoms with Crippen molar-refractivity contribution in [2.45, 2.75) is 6.54 Å². The molecule has 2 heterocycles. The predicted octanol–water partition coefficient (Wildman–Crippen LogP) is 1.74. The van der Waals surface area contributed by atoms with Gasteiger partial charge in [-0.25, -0.2) is 4.79 Å². The van der Waals surface area contributed by atoms with Crippen molar-refractivity contribution in [3.8, 4) is 0 Å². The minimum absolute atomic E-state index is 0.0845. The lowest BCUT2D eigenvalue weighted by molar-refractivity contribution is -0.0768. The highest BCUT2D eigenvalue weighted by Crippen LogP contribution is 2.13. The number of amides is 1. The molecule has 0 aliphatic carbocycles. The Morgan fingerprint density at radius 1 is 1.16 bits per heavy atom. The molecule has 1 amide bonds. The summed E-state index contributed by atoms with van der Waals surface area (Å²) in [5, 5.41) is 13.8. The maximum Gasteiger partial charge on any atom is 0.331 e. The average Bonchev–Trinajstić information content (AvgIpc) is 2.79. The first-order chi connectivity index (χ1) is 15.3. The Balaban J connectivity index is 1.66. The molecule has 0 saturated heterocycles. The molecule has 0 unspecified atom stereocenters. The van der Waals surface area contributed by atoms with Crippen LogP contribution in [-0.4, -0.2) is 32.0 Å². The molecule has 3 aromatic rings. The van der Waals surface area contributed by atoms with Gasteiger partial charge in [0, 0.05) is 30.4 Å². The second kappa shape index (κ2) is 8.74. The van der Waals surface area contributed by atoms with E-state index in [9.17, 15) is 19.6 Å². The van der Waals surface area contributed by atoms with Gasteiger partial charge in [0.15, 0.2) is 0 Å². The SMILES string of the molecule is Cn1c(=O)n(Cc2ccc(Cl)cc2)c(=O)c2cc(C(=O)NCC3=CN(O)NC=C3)ccc21. The molecule has 4 rings (SSSR count). The standard InChI is InChI=1S/C22H20ClN5O4/c1-26-19-7-4-16(20(29)24-11-15-8-9-25-28(32)13-15)10-18(19)21(30)27(22(26)31)12-14-2-5-17(23)6-3-14/h2-10,13,25,32H,11-12H2,1H3,(H,24,29). The summed E-state index contributed by atoms with van der Waals surface area (Å²) in [6.07, 6.45) is 4.66. The number of hydrazine groups is 1. The number of carbonyl (C=O) groups excluding carboxylic acids is 1. The first-order valence-electron chi connectivity index (χ1n) is 9.71. The molecule has 0 radical (unpaired) electrons. The Labute approximate surface area is 187 Å². The summed E-state index contributed by atoms with van der Waals surface area (Å²) in [6.45, 7) is 0.265. The van der Waals surface area contributed by atoms with E-state index in [-0.39, 0.29) is 29.9 Å². The van der Waals surface area contributed by atoms with Gasteiger partial charge in [0.25, 0.3) is 11.5 Å². The number of hydrogen-bond donors (Lipinski definition) is 3. The molecule has 0 saturated carbocycles. The lowest BCUT2D eigenvalue weighted by Gasteiger charge is -2.17. The van der Waals surface area contributed by atoms with Gasteiger partial charge in [0.2, 0.25) is 0 Å². The third-order valence-corrected chi connectivity index (χ3v) is 5.36. The summed E-state index contributed by atoms with van der Waals surface area (Å²) in [5.74, 6) is -0.387. The molecule has 32 heavy (non-hydrogen) atoms. The third-order valence-electron chi connectivity index (χ3n) is 5.11. The molecular weight excluding hydrogens is 434 g/mol. The molecule has 1 aliphatic rings. The fourth-order valence-corrected chi connectivity index (χ4v) is 3.54. The van der Waals surface area contributed by atoms with Crippen LogP contribution in [0, 0.1) is 0 Å². The van der Waals surface area contributed by atoms with Crippen LogP contribution in [0.25, 0.3) is 10.9 Å². The number of benzene rings is 2. The molecule has 2 aromatic carbocycles. The first-order valence-corrected chi connectivity index (χ1v) is 10.1. The summed E-state index contributed by atoms with van der Waals surface area (Å²) >= 11 is 5.91. The minimum Gasteiger partial charge on any atom is -0.348 e. The molecule has 0 atom stereocenters. The van der Waals surface area contributed by atoms with Gasteiger partial charge in [0.1, 0.15) is 0 Å². The summed E-state index contributed by atoms with van der Waals surface area (Å²) in [7, 11) is 1.58. The summed E-state index contributed by atoms with van der Waals surface area (Å²) < 4.78 is 2.52. The second-order valence-corrected chi connectivity index (χ2v) is 7.72. The normalized spacial score (nSPS) is 13.1. The molecule has 0 bridgehead atoms. The highest BCUT2D eigenvalue weighted by Gasteiger charge is 2.15. The largest absolute Gasteiger partial charge is 0.348 e. The number of carbonyl (C=O) groups is 1. The Morgan fingerprint density at radius 3 is 2.62 bits per heavy atom. The van der Waals surface area contributed by atoms with E-state index in [1.54, 1.807) is 49.5 Å². The number of halogens is 1. The molecular formula is C22H20ClN5O4. The number of hydrogen-bond acceptors (Lipinski definition) is 6. The van der Waals surface area contributed by atoms with Crippen LogP contribution in [0.5, 0.6) is 0 Å². The molecule has 1 aliphatic heterocycles. The van der Waals surface area contributed by atoms with E-state index in [4.69, 9.17) is 11.6 Å². The number of aryl methyl sites for hydroxylation is 1. The van der Waals surface area contributed by atoms with E-state index in [2.05, 4.69) is 10.7 Å². The Hall–Kier alpha value is -3.82. The number of fused-ring (bicyclic) bond motifs is 1. The maximum atomic E-state index is 13.1. The lowest BCUT2D eigenvalue weighted by atomic mass is 10.1. The average molecular weight is 454 g/mol. The van der Waals surface area contributed by atoms with Crippen molar-refractivity contribution in [3.63, 3.8) is 0 Å². The van der Waals surface area contributed by atoms with Gasteiger partial charge >= 0.3 is 5.69 Å². The van der Waals surface area contributed by atoms with Gasteiger partial charge < -0.3 is 5.32 Å². The summed E-state index contributed by atoms with van der Waals surface area (Å²) in [4.78, 5) is 38.5. The molecule has 164 valence electrons. The van der Waals surface area contributed by atoms with Gasteiger partial charge in [-0.05, 0) is 47.5 Å². The second-order valence-electron chi connectivity index (χ2n) is 7.28. The molecule has 1 aromatic heterocycles. The van der Waals surface area contributed by atoms with Crippen LogP contribution >= 0.6 is 11.6 Å². The lowest BCUT2D eigenvalue weighted by Crippen LogP contribution is -2.39. The number of nitrogens with one attached hydrogen (secondary N) is 2. The van der Waals surface area contributed by atoms with Gasteiger partial charge in [-0.2, -0.15) is 5.17 Å². The van der Waals surface area contributed by atoms with E-state index < -0.39 is 11.2 Å². The van der Waals surface area contributed by atoms with Gasteiger partial charge in [-0.3, -0.25) is 29.4 Å². The summed E-state index contributed by atoms with van der Waals surface area (Å²) in [5.41, 5.74) is 3.75. The topological polar surface area (TPSA) is 109 Å². The highest BCUT2D eigenvalue weighted by molar-refractivity contribution is 6.30. The van der Waals surface area contributed by atoms with E-state index >= 15 is 0 Å². The van der Waals surface area contributed by atoms with Crippen molar-refractivity contribution in [1.29, 1.82) is 0 Å². The number of rotatable bonds is 5. The van der Waals surface area contributed by atoms with E-state index in [1.807, 2.05) is 0 Å². The van der Waals surface area contributed by atoms with Crippen molar-refractivity contribution in [2.75, 3.05) is 6.54 Å². The molecule has 10 heteroatoms. The smallest absolute Gasteiger partial charge is 0.331 e. The van der Waals surface area contributed by atoms with Crippen LogP contribution in [0.1, 0.15) is 15.9 Å². The third kappa shape index (κ3) is 4.29. The molecule has 3 N–H and O–H groups in total. The van der Waals surface area contributed by atoms with Crippen molar-refractivity contribution >= 4 is 28.4 Å². The van der Waals surface area contributed by atoms with Crippen LogP contribution in [0.2, 0.25) is 5.02 Å². The van der Waals surface area contributed by atoms with Crippen molar-refractivity contribution in [1.82, 2.24) is 25.0 Å². The number of hydroxylamine groups is 1. The fourth-order valence-electron chi connectivity index (χ4n) is 3.42. The monoisotopic (exact) mass is 453 g/mol. The van der Waals surface area contributed by atoms with Crippen LogP contribution < -0.4 is 22.0 Å². The van der Waals surface area contributed by atoms with Crippen LogP contribution in [0.3, 0.4) is 0 Å². The van der Waals surface area contributed by atoms with Crippen LogP contribution in [-0.2, 0) is 13.6 Å². The number of nitrogens with zero attached hydrogens (tertiary/aromatic N) is 3. The zero-order valence-electron chi connectivity index (χ0n) is 17.1. The Kier molecular flexibility index (Phi) is 5.85. The maximum absolute atomic E-state index is 13.1. The van der Waals surface area contributed by atoms with Crippen LogP contribution in [0.15, 0.2) is 76.1 Å². The van der Waals surface area contributed by atoms with Gasteiger partial charge in [0.05, 0.1) is 23.6 Å². The fraction of sp³-hybridized carbons (Fsp3) is 0.136. The molecule has 0 spiro atoms. The number of aromatic nitrogens is 2. The zero-order chi connectivity index (χ0) is 22.8. The summed E-state index contributed by atoms with van der Waals surface area (Å²) in [6, 6.07) is 11.5. The highest BCUT2D eigenvalue weighted by atomic mass is 35.5. The van der Waals surface area contributed by atoms with Crippen LogP contribution in [0.4, 0.5) is 0 Å². The van der Waals surface area contributed by atoms with Gasteiger partial charge in [-0.15, -0.1) is 0 Å². The van der Waals surface area contributed by atoms with E-state index in [0.717, 1.165) is 15.3 Å². The van der Waals surface area contributed by atoms with E-state index in [0.29, 0.717) is 16.1 Å². The Morgan fingerprint density at radius 2 is 1.91 bits per heavy atom. The molecule has 9 nitrogen and oxygen atoms in total. The zero-order valence-corrected chi connectivity index (χ0v) is 17.8. The Bertz CT molecular complexity index is 1370. The predicted molar refractivity (Wildman–Crippen MR) is 120 cm³/mol. The van der Waals surface area contributed by atoms with Crippen molar-refractivity contribution in [3.05, 3.63) is 104 Å². The first kappa shape index (κ1) is 21.4. The van der Waals surface area contributed by atoms with Crippen molar-refractivity contribution < 1.29 is 10.0 Å².